The summed E-state index contributed by atoms with van der Waals surface area (Å²) in [6.07, 6.45) is 4.13. The molecule has 0 aromatic heterocycles. The molecule has 14 heavy (non-hydrogen) atoms. The summed E-state index contributed by atoms with van der Waals surface area (Å²) in [4.78, 5) is 12.8. The van der Waals surface area contributed by atoms with E-state index in [1.807, 2.05) is 18.2 Å². The van der Waals surface area contributed by atoms with Crippen molar-refractivity contribution in [2.24, 2.45) is 0 Å². The van der Waals surface area contributed by atoms with Crippen molar-refractivity contribution in [3.63, 3.8) is 0 Å². The molecule has 0 aliphatic heterocycles. The van der Waals surface area contributed by atoms with E-state index < -0.39 is 0 Å². The van der Waals surface area contributed by atoms with E-state index in [1.165, 1.54) is 11.3 Å². The molecule has 2 heteroatoms. The molecule has 0 heterocycles. The Labute approximate surface area is 88.9 Å². The Morgan fingerprint density at radius 3 is 2.64 bits per heavy atom. The topological polar surface area (TPSA) is 17.1 Å². The van der Waals surface area contributed by atoms with Crippen LogP contribution in [0.5, 0.6) is 0 Å². The van der Waals surface area contributed by atoms with Crippen molar-refractivity contribution in [3.8, 4) is 0 Å². The molecule has 1 fully saturated rings. The van der Waals surface area contributed by atoms with Gasteiger partial charge in [-0.1, -0.05) is 24.6 Å². The Bertz CT molecular complexity index is 307. The number of carbonyl (C=O) groups excluding carboxylic acids is 1. The molecule has 1 aliphatic carbocycles. The molecule has 0 radical (unpaired) electrons. The molecular formula is C12H14OS. The van der Waals surface area contributed by atoms with Crippen LogP contribution in [0.15, 0.2) is 35.2 Å². The fourth-order valence-electron chi connectivity index (χ4n) is 1.74. The highest BCUT2D eigenvalue weighted by Crippen LogP contribution is 2.31. The molecule has 0 spiro atoms. The van der Waals surface area contributed by atoms with Crippen LogP contribution in [-0.4, -0.2) is 11.0 Å². The Morgan fingerprint density at radius 1 is 1.14 bits per heavy atom. The minimum Gasteiger partial charge on any atom is -0.298 e. The highest BCUT2D eigenvalue weighted by atomic mass is 32.2. The number of hydrogen-bond acceptors (Lipinski definition) is 2. The lowest BCUT2D eigenvalue weighted by molar-refractivity contribution is -0.119. The van der Waals surface area contributed by atoms with Crippen LogP contribution in [0.1, 0.15) is 25.7 Å². The lowest BCUT2D eigenvalue weighted by Crippen LogP contribution is -2.20. The summed E-state index contributed by atoms with van der Waals surface area (Å²) >= 11 is 1.72. The van der Waals surface area contributed by atoms with E-state index in [2.05, 4.69) is 12.1 Å². The van der Waals surface area contributed by atoms with Gasteiger partial charge in [0.25, 0.3) is 0 Å². The van der Waals surface area contributed by atoms with Crippen LogP contribution in [-0.2, 0) is 4.79 Å². The van der Waals surface area contributed by atoms with Crippen molar-refractivity contribution in [1.82, 2.24) is 0 Å². The Balaban J connectivity index is 2.00. The molecule has 0 bridgehead atoms. The van der Waals surface area contributed by atoms with Crippen molar-refractivity contribution in [2.75, 3.05) is 0 Å². The first kappa shape index (κ1) is 9.78. The average Bonchev–Trinajstić information content (AvgIpc) is 2.23. The molecular weight excluding hydrogens is 192 g/mol. The summed E-state index contributed by atoms with van der Waals surface area (Å²) in [5.41, 5.74) is 0. The summed E-state index contributed by atoms with van der Waals surface area (Å²) in [7, 11) is 0. The molecule has 1 aliphatic rings. The molecule has 1 aromatic carbocycles. The van der Waals surface area contributed by atoms with Crippen LogP contribution < -0.4 is 0 Å². The van der Waals surface area contributed by atoms with Crippen molar-refractivity contribution in [2.45, 2.75) is 35.8 Å². The van der Waals surface area contributed by atoms with Gasteiger partial charge in [-0.2, -0.15) is 0 Å². The van der Waals surface area contributed by atoms with Gasteiger partial charge < -0.3 is 0 Å². The third-order valence-corrected chi connectivity index (χ3v) is 3.85. The lowest BCUT2D eigenvalue weighted by atomic mass is 9.99. The zero-order chi connectivity index (χ0) is 9.80. The van der Waals surface area contributed by atoms with Crippen LogP contribution in [0.2, 0.25) is 0 Å². The van der Waals surface area contributed by atoms with Crippen LogP contribution >= 0.6 is 11.8 Å². The second-order valence-corrected chi connectivity index (χ2v) is 4.91. The summed E-state index contributed by atoms with van der Waals surface area (Å²) < 4.78 is 0. The second-order valence-electron chi connectivity index (χ2n) is 3.63. The first-order chi connectivity index (χ1) is 6.86. The summed E-state index contributed by atoms with van der Waals surface area (Å²) in [6, 6.07) is 10.2. The highest BCUT2D eigenvalue weighted by Gasteiger charge is 2.22. The van der Waals surface area contributed by atoms with Crippen molar-refractivity contribution in [3.05, 3.63) is 30.3 Å². The zero-order valence-corrected chi connectivity index (χ0v) is 8.93. The smallest absolute Gasteiger partial charge is 0.146 e. The number of benzene rings is 1. The van der Waals surface area contributed by atoms with E-state index >= 15 is 0 Å². The van der Waals surface area contributed by atoms with Gasteiger partial charge in [-0.05, 0) is 25.0 Å². The van der Waals surface area contributed by atoms with Crippen LogP contribution in [0, 0.1) is 0 Å². The van der Waals surface area contributed by atoms with Crippen molar-refractivity contribution < 1.29 is 4.79 Å². The predicted molar refractivity (Wildman–Crippen MR) is 59.6 cm³/mol. The van der Waals surface area contributed by atoms with Gasteiger partial charge in [0.05, 0.1) is 5.25 Å². The molecule has 74 valence electrons. The van der Waals surface area contributed by atoms with Crippen LogP contribution in [0.4, 0.5) is 0 Å². The summed E-state index contributed by atoms with van der Waals surface area (Å²) in [5.74, 6) is 0.435. The van der Waals surface area contributed by atoms with Gasteiger partial charge in [-0.15, -0.1) is 11.8 Å². The molecule has 0 amide bonds. The molecule has 1 atom stereocenters. The van der Waals surface area contributed by atoms with Crippen LogP contribution in [0.25, 0.3) is 0 Å². The number of hydrogen-bond donors (Lipinski definition) is 0. The molecule has 2 rings (SSSR count). The first-order valence-electron chi connectivity index (χ1n) is 5.11. The monoisotopic (exact) mass is 206 g/mol. The van der Waals surface area contributed by atoms with Crippen LogP contribution in [0.3, 0.4) is 0 Å². The van der Waals surface area contributed by atoms with E-state index in [0.717, 1.165) is 19.3 Å². The van der Waals surface area contributed by atoms with E-state index in [4.69, 9.17) is 0 Å². The van der Waals surface area contributed by atoms with E-state index in [9.17, 15) is 4.79 Å². The van der Waals surface area contributed by atoms with Gasteiger partial charge in [0.15, 0.2) is 0 Å². The lowest BCUT2D eigenvalue weighted by Gasteiger charge is -2.19. The number of rotatable bonds is 2. The minimum absolute atomic E-state index is 0.214. The zero-order valence-electron chi connectivity index (χ0n) is 8.11. The molecule has 1 aromatic rings. The van der Waals surface area contributed by atoms with E-state index in [1.54, 1.807) is 11.8 Å². The van der Waals surface area contributed by atoms with E-state index in [0.29, 0.717) is 5.78 Å². The molecule has 0 N–H and O–H groups in total. The van der Waals surface area contributed by atoms with Gasteiger partial charge in [-0.25, -0.2) is 0 Å². The normalized spacial score (nSPS) is 22.3. The number of thioether (sulfide) groups is 1. The van der Waals surface area contributed by atoms with Gasteiger partial charge in [0, 0.05) is 11.3 Å². The maximum absolute atomic E-state index is 11.6. The van der Waals surface area contributed by atoms with Crippen molar-refractivity contribution >= 4 is 17.5 Å². The summed E-state index contributed by atoms with van der Waals surface area (Å²) in [5, 5.41) is 0.214. The average molecular weight is 206 g/mol. The first-order valence-corrected chi connectivity index (χ1v) is 5.98. The largest absolute Gasteiger partial charge is 0.298 e. The Hall–Kier alpha value is -0.760. The maximum atomic E-state index is 11.6. The van der Waals surface area contributed by atoms with Gasteiger partial charge >= 0.3 is 0 Å². The fourth-order valence-corrected chi connectivity index (χ4v) is 2.92. The Kier molecular flexibility index (Phi) is 3.25. The molecule has 1 saturated carbocycles. The molecule has 0 saturated heterocycles. The summed E-state index contributed by atoms with van der Waals surface area (Å²) in [6.45, 7) is 0. The number of Topliss-reactive ketones (excluding diaryl/α,β-unsaturated/α-hetero) is 1. The van der Waals surface area contributed by atoms with Gasteiger partial charge in [-0.3, -0.25) is 4.79 Å². The number of carbonyl (C=O) groups is 1. The molecule has 0 unspecified atom stereocenters. The van der Waals surface area contributed by atoms with Gasteiger partial charge in [0.1, 0.15) is 5.78 Å². The maximum Gasteiger partial charge on any atom is 0.146 e. The van der Waals surface area contributed by atoms with Crippen molar-refractivity contribution in [1.29, 1.82) is 0 Å². The quantitative estimate of drug-likeness (QED) is 0.738. The minimum atomic E-state index is 0.214. The number of ketones is 1. The third-order valence-electron chi connectivity index (χ3n) is 2.52. The fraction of sp³-hybridized carbons (Fsp3) is 0.417. The van der Waals surface area contributed by atoms with E-state index in [-0.39, 0.29) is 5.25 Å². The van der Waals surface area contributed by atoms with Gasteiger partial charge in [0.2, 0.25) is 0 Å². The Morgan fingerprint density at radius 2 is 1.93 bits per heavy atom. The highest BCUT2D eigenvalue weighted by molar-refractivity contribution is 8.00. The standard InChI is InChI=1S/C12H14OS/c13-11-8-4-5-9-12(11)14-10-6-2-1-3-7-10/h1-3,6-7,12H,4-5,8-9H2/t12-/m0/s1. The SMILES string of the molecule is O=C1CCCC[C@@H]1Sc1ccccc1. The predicted octanol–water partition coefficient (Wildman–Crippen LogP) is 3.29. The molecule has 1 nitrogen and oxygen atoms in total. The third kappa shape index (κ3) is 2.38. The second kappa shape index (κ2) is 4.65.